The average Bonchev–Trinajstić information content (AvgIpc) is 2.16. The van der Waals surface area contributed by atoms with Crippen LogP contribution in [-0.4, -0.2) is 32.4 Å². The van der Waals surface area contributed by atoms with Crippen LogP contribution in [0.4, 0.5) is 4.39 Å². The zero-order chi connectivity index (χ0) is 9.73. The highest BCUT2D eigenvalue weighted by molar-refractivity contribution is 4.86. The summed E-state index contributed by atoms with van der Waals surface area (Å²) in [4.78, 5) is 0. The van der Waals surface area contributed by atoms with Gasteiger partial charge in [0.25, 0.3) is 0 Å². The molecule has 2 N–H and O–H groups in total. The number of hydrogen-bond acceptors (Lipinski definition) is 2. The summed E-state index contributed by atoms with van der Waals surface area (Å²) in [6.07, 6.45) is 2.77. The summed E-state index contributed by atoms with van der Waals surface area (Å²) in [5.41, 5.74) is -1.00. The summed E-state index contributed by atoms with van der Waals surface area (Å²) in [5.74, 6) is 0.203. The number of piperidine rings is 1. The smallest absolute Gasteiger partial charge is 0.113 e. The third-order valence-electron chi connectivity index (χ3n) is 3.01. The largest absolute Gasteiger partial charge is 0.320 e. The van der Waals surface area contributed by atoms with Crippen LogP contribution in [0, 0.1) is 5.92 Å². The summed E-state index contributed by atoms with van der Waals surface area (Å²) in [5, 5.41) is 6.26. The fraction of sp³-hybridized carbons (Fsp3) is 1.00. The van der Waals surface area contributed by atoms with Gasteiger partial charge in [0.05, 0.1) is 0 Å². The minimum absolute atomic E-state index is 0.203. The first kappa shape index (κ1) is 10.9. The number of halogens is 1. The van der Waals surface area contributed by atoms with Crippen molar-refractivity contribution >= 4 is 0 Å². The monoisotopic (exact) mass is 188 g/mol. The molecule has 3 heteroatoms. The zero-order valence-corrected chi connectivity index (χ0v) is 8.70. The van der Waals surface area contributed by atoms with E-state index in [1.54, 1.807) is 6.92 Å². The Balaban J connectivity index is 2.36. The molecule has 0 radical (unpaired) electrons. The molecule has 13 heavy (non-hydrogen) atoms. The Morgan fingerprint density at radius 3 is 2.92 bits per heavy atom. The maximum absolute atomic E-state index is 14.1. The molecule has 1 heterocycles. The van der Waals surface area contributed by atoms with Crippen molar-refractivity contribution in [3.8, 4) is 0 Å². The predicted octanol–water partition coefficient (Wildman–Crippen LogP) is 1.32. The highest BCUT2D eigenvalue weighted by atomic mass is 19.1. The van der Waals surface area contributed by atoms with Gasteiger partial charge in [0, 0.05) is 12.5 Å². The first-order valence-electron chi connectivity index (χ1n) is 5.21. The summed E-state index contributed by atoms with van der Waals surface area (Å²) in [6.45, 7) is 4.40. The normalized spacial score (nSPS) is 28.4. The van der Waals surface area contributed by atoms with E-state index in [0.717, 1.165) is 32.5 Å². The van der Waals surface area contributed by atoms with Crippen molar-refractivity contribution in [1.82, 2.24) is 10.6 Å². The summed E-state index contributed by atoms with van der Waals surface area (Å²) in [6, 6.07) is 0. The molecular weight excluding hydrogens is 167 g/mol. The van der Waals surface area contributed by atoms with Crippen LogP contribution in [0.2, 0.25) is 0 Å². The minimum atomic E-state index is -1.00. The molecule has 0 aromatic carbocycles. The summed E-state index contributed by atoms with van der Waals surface area (Å²) < 4.78 is 14.1. The standard InChI is InChI=1S/C10H21FN2/c1-10(11,5-7-12-2)9-4-3-6-13-8-9/h9,12-13H,3-8H2,1-2H3. The van der Waals surface area contributed by atoms with Crippen molar-refractivity contribution in [3.05, 3.63) is 0 Å². The molecule has 78 valence electrons. The average molecular weight is 188 g/mol. The molecule has 0 saturated carbocycles. The van der Waals surface area contributed by atoms with E-state index in [9.17, 15) is 4.39 Å². The maximum atomic E-state index is 14.1. The van der Waals surface area contributed by atoms with E-state index in [4.69, 9.17) is 0 Å². The van der Waals surface area contributed by atoms with Gasteiger partial charge in [0.2, 0.25) is 0 Å². The van der Waals surface area contributed by atoms with Crippen molar-refractivity contribution in [1.29, 1.82) is 0 Å². The first-order chi connectivity index (χ1) is 6.17. The van der Waals surface area contributed by atoms with E-state index in [2.05, 4.69) is 10.6 Å². The Labute approximate surface area is 80.3 Å². The molecule has 1 saturated heterocycles. The van der Waals surface area contributed by atoms with Crippen LogP contribution in [0.3, 0.4) is 0 Å². The van der Waals surface area contributed by atoms with Crippen molar-refractivity contribution in [2.45, 2.75) is 31.9 Å². The highest BCUT2D eigenvalue weighted by Crippen LogP contribution is 2.30. The van der Waals surface area contributed by atoms with E-state index in [0.29, 0.717) is 6.42 Å². The predicted molar refractivity (Wildman–Crippen MR) is 53.7 cm³/mol. The molecule has 0 aliphatic carbocycles. The Hall–Kier alpha value is -0.150. The Kier molecular flexibility index (Phi) is 4.13. The van der Waals surface area contributed by atoms with Gasteiger partial charge in [-0.25, -0.2) is 4.39 Å². The van der Waals surface area contributed by atoms with Gasteiger partial charge in [0.15, 0.2) is 0 Å². The molecule has 0 amide bonds. The molecule has 1 fully saturated rings. The number of nitrogens with one attached hydrogen (secondary N) is 2. The molecule has 2 atom stereocenters. The van der Waals surface area contributed by atoms with Gasteiger partial charge < -0.3 is 10.6 Å². The number of rotatable bonds is 4. The van der Waals surface area contributed by atoms with Crippen LogP contribution in [0.1, 0.15) is 26.2 Å². The third-order valence-corrected chi connectivity index (χ3v) is 3.01. The summed E-state index contributed by atoms with van der Waals surface area (Å²) >= 11 is 0. The Bertz CT molecular complexity index is 142. The molecule has 0 spiro atoms. The van der Waals surface area contributed by atoms with Crippen molar-refractivity contribution in [3.63, 3.8) is 0 Å². The highest BCUT2D eigenvalue weighted by Gasteiger charge is 2.34. The number of hydrogen-bond donors (Lipinski definition) is 2. The quantitative estimate of drug-likeness (QED) is 0.695. The van der Waals surface area contributed by atoms with Crippen LogP contribution in [0.25, 0.3) is 0 Å². The topological polar surface area (TPSA) is 24.1 Å². The Morgan fingerprint density at radius 1 is 1.62 bits per heavy atom. The zero-order valence-electron chi connectivity index (χ0n) is 8.70. The molecule has 0 bridgehead atoms. The lowest BCUT2D eigenvalue weighted by molar-refractivity contribution is 0.0744. The SMILES string of the molecule is CNCCC(C)(F)C1CCCNC1. The maximum Gasteiger partial charge on any atom is 0.113 e. The van der Waals surface area contributed by atoms with Crippen molar-refractivity contribution in [2.75, 3.05) is 26.7 Å². The van der Waals surface area contributed by atoms with Crippen molar-refractivity contribution < 1.29 is 4.39 Å². The number of alkyl halides is 1. The van der Waals surface area contributed by atoms with E-state index in [-0.39, 0.29) is 5.92 Å². The van der Waals surface area contributed by atoms with Crippen LogP contribution < -0.4 is 10.6 Å². The molecule has 2 unspecified atom stereocenters. The van der Waals surface area contributed by atoms with Crippen LogP contribution in [0.5, 0.6) is 0 Å². The molecule has 1 aliphatic heterocycles. The lowest BCUT2D eigenvalue weighted by Gasteiger charge is -2.33. The van der Waals surface area contributed by atoms with Gasteiger partial charge in [-0.1, -0.05) is 0 Å². The second-order valence-electron chi connectivity index (χ2n) is 4.17. The van der Waals surface area contributed by atoms with Gasteiger partial charge in [-0.3, -0.25) is 0 Å². The molecule has 0 aromatic heterocycles. The minimum Gasteiger partial charge on any atom is -0.320 e. The fourth-order valence-corrected chi connectivity index (χ4v) is 1.94. The van der Waals surface area contributed by atoms with Crippen LogP contribution in [-0.2, 0) is 0 Å². The fourth-order valence-electron chi connectivity index (χ4n) is 1.94. The van der Waals surface area contributed by atoms with Crippen LogP contribution in [0.15, 0.2) is 0 Å². The van der Waals surface area contributed by atoms with Gasteiger partial charge in [-0.15, -0.1) is 0 Å². The second-order valence-corrected chi connectivity index (χ2v) is 4.17. The second kappa shape index (κ2) is 4.91. The van der Waals surface area contributed by atoms with E-state index in [1.165, 1.54) is 0 Å². The van der Waals surface area contributed by atoms with E-state index in [1.807, 2.05) is 7.05 Å². The molecule has 0 aromatic rings. The van der Waals surface area contributed by atoms with Gasteiger partial charge in [0.1, 0.15) is 5.67 Å². The van der Waals surface area contributed by atoms with Gasteiger partial charge in [-0.05, 0) is 46.3 Å². The van der Waals surface area contributed by atoms with Gasteiger partial charge in [-0.2, -0.15) is 0 Å². The Morgan fingerprint density at radius 2 is 2.38 bits per heavy atom. The summed E-state index contributed by atoms with van der Waals surface area (Å²) in [7, 11) is 1.87. The van der Waals surface area contributed by atoms with Crippen molar-refractivity contribution in [2.24, 2.45) is 5.92 Å². The lowest BCUT2D eigenvalue weighted by Crippen LogP contribution is -2.42. The molecule has 2 nitrogen and oxygen atoms in total. The lowest BCUT2D eigenvalue weighted by atomic mass is 9.83. The molecular formula is C10H21FN2. The van der Waals surface area contributed by atoms with Crippen LogP contribution >= 0.6 is 0 Å². The third kappa shape index (κ3) is 3.24. The van der Waals surface area contributed by atoms with Gasteiger partial charge >= 0.3 is 0 Å². The first-order valence-corrected chi connectivity index (χ1v) is 5.21. The van der Waals surface area contributed by atoms with E-state index >= 15 is 0 Å². The molecule has 1 rings (SSSR count). The van der Waals surface area contributed by atoms with E-state index < -0.39 is 5.67 Å². The molecule has 1 aliphatic rings.